The van der Waals surface area contributed by atoms with E-state index in [9.17, 15) is 8.78 Å². The van der Waals surface area contributed by atoms with Crippen LogP contribution in [0, 0.1) is 0 Å². The van der Waals surface area contributed by atoms with Gasteiger partial charge in [-0.15, -0.1) is 0 Å². The highest BCUT2D eigenvalue weighted by molar-refractivity contribution is 6.44. The highest BCUT2D eigenvalue weighted by atomic mass is 19.2. The number of ether oxygens (including phenoxy) is 1. The molecule has 0 saturated heterocycles. The fourth-order valence-electron chi connectivity index (χ4n) is 8.88. The first-order chi connectivity index (χ1) is 33.9. The Balaban J connectivity index is 1.69. The quantitative estimate of drug-likeness (QED) is 0.0717. The summed E-state index contributed by atoms with van der Waals surface area (Å²) in [4.78, 5) is 5.62. The number of aromatic nitrogens is 1. The van der Waals surface area contributed by atoms with Gasteiger partial charge in [0.1, 0.15) is 31.4 Å². The standard InChI is InChI=1S/C62H71BF4N2O3/c1-59(2,3)44-26-18-40(19-27-44)51-34-53(42-22-30-46(31-23-42)61(7,8)9)68-57(51)56(50-16-14-15-17-55(50)70-13)58-52(41-20-28-45(29-21-41)60(4,5)6)35-54(43-24-32-47(33-25-43)62(10,11)12)69(58)63(71-38-48(66)36-64)72-39-49(67)37-65/h14-35,48-49H,36-39H2,1-13H3/b57-56-. The molecule has 5 aromatic carbocycles. The molecular formula is C62H71BF4N2O3. The lowest BCUT2D eigenvalue weighted by Gasteiger charge is -2.26. The highest BCUT2D eigenvalue weighted by Crippen LogP contribution is 2.48. The van der Waals surface area contributed by atoms with Crippen molar-refractivity contribution in [2.45, 2.75) is 117 Å². The number of nitrogens with zero attached hydrogens (tertiary/aromatic N) is 2. The molecular weight excluding hydrogens is 907 g/mol. The Morgan fingerprint density at radius 2 is 0.972 bits per heavy atom. The minimum absolute atomic E-state index is 0.0784. The van der Waals surface area contributed by atoms with Crippen LogP contribution in [-0.4, -0.2) is 63.5 Å². The number of allylic oxidation sites excluding steroid dienone is 2. The van der Waals surface area contributed by atoms with Gasteiger partial charge in [0, 0.05) is 33.5 Å². The molecule has 0 bridgehead atoms. The fourth-order valence-corrected chi connectivity index (χ4v) is 8.88. The van der Waals surface area contributed by atoms with Crippen LogP contribution < -0.4 is 4.74 Å². The van der Waals surface area contributed by atoms with Crippen LogP contribution in [0.4, 0.5) is 17.6 Å². The number of alkyl halides is 4. The molecule has 378 valence electrons. The molecule has 2 heterocycles. The topological polar surface area (TPSA) is 45.0 Å². The number of methoxy groups -OCH3 is 1. The molecule has 0 saturated carbocycles. The van der Waals surface area contributed by atoms with Gasteiger partial charge in [0.25, 0.3) is 0 Å². The second-order valence-corrected chi connectivity index (χ2v) is 22.9. The van der Waals surface area contributed by atoms with Crippen molar-refractivity contribution in [3.8, 4) is 28.1 Å². The molecule has 0 N–H and O–H groups in total. The predicted octanol–water partition coefficient (Wildman–Crippen LogP) is 15.8. The number of hydrogen-bond acceptors (Lipinski definition) is 4. The molecule has 2 unspecified atom stereocenters. The van der Waals surface area contributed by atoms with Crippen LogP contribution in [0.3, 0.4) is 0 Å². The van der Waals surface area contributed by atoms with Crippen molar-refractivity contribution in [3.63, 3.8) is 0 Å². The Morgan fingerprint density at radius 1 is 0.556 bits per heavy atom. The Bertz CT molecular complexity index is 2890. The normalized spacial score (nSPS) is 15.0. The zero-order chi connectivity index (χ0) is 52.3. The van der Waals surface area contributed by atoms with Crippen LogP contribution >= 0.6 is 0 Å². The zero-order valence-electron chi connectivity index (χ0n) is 44.4. The summed E-state index contributed by atoms with van der Waals surface area (Å²) in [6.45, 7) is 21.9. The number of rotatable bonds is 16. The molecule has 72 heavy (non-hydrogen) atoms. The lowest BCUT2D eigenvalue weighted by molar-refractivity contribution is 0.0997. The van der Waals surface area contributed by atoms with Gasteiger partial charge in [0.15, 0.2) is 0 Å². The number of aliphatic imine (C=N–C) groups is 1. The van der Waals surface area contributed by atoms with E-state index in [0.717, 1.165) is 50.2 Å². The van der Waals surface area contributed by atoms with Crippen LogP contribution in [0.15, 0.2) is 144 Å². The summed E-state index contributed by atoms with van der Waals surface area (Å²) < 4.78 is 79.1. The van der Waals surface area contributed by atoms with Gasteiger partial charge in [-0.2, -0.15) is 0 Å². The average Bonchev–Trinajstić information content (AvgIpc) is 3.96. The van der Waals surface area contributed by atoms with Crippen molar-refractivity contribution in [2.75, 3.05) is 33.7 Å². The molecule has 0 aliphatic carbocycles. The van der Waals surface area contributed by atoms with E-state index in [-0.39, 0.29) is 21.7 Å². The molecule has 5 nitrogen and oxygen atoms in total. The second-order valence-electron chi connectivity index (χ2n) is 22.9. The lowest BCUT2D eigenvalue weighted by Crippen LogP contribution is -2.38. The van der Waals surface area contributed by atoms with E-state index in [2.05, 4.69) is 174 Å². The fraction of sp³-hybridized carbons (Fsp3) is 0.371. The summed E-state index contributed by atoms with van der Waals surface area (Å²) in [5, 5.41) is 0. The molecule has 0 spiro atoms. The van der Waals surface area contributed by atoms with Crippen molar-refractivity contribution in [1.29, 1.82) is 0 Å². The van der Waals surface area contributed by atoms with Gasteiger partial charge in [-0.05, 0) is 78.8 Å². The van der Waals surface area contributed by atoms with E-state index in [0.29, 0.717) is 39.5 Å². The van der Waals surface area contributed by atoms with E-state index < -0.39 is 46.2 Å². The van der Waals surface area contributed by atoms with E-state index in [1.54, 1.807) is 11.6 Å². The molecule has 0 radical (unpaired) electrons. The van der Waals surface area contributed by atoms with Crippen LogP contribution in [0.25, 0.3) is 33.5 Å². The number of hydrogen-bond donors (Lipinski definition) is 0. The molecule has 1 aromatic heterocycles. The third-order valence-corrected chi connectivity index (χ3v) is 13.3. The number of para-hydroxylation sites is 1. The maximum absolute atomic E-state index is 15.2. The Labute approximate surface area is 426 Å². The zero-order valence-corrected chi connectivity index (χ0v) is 44.4. The van der Waals surface area contributed by atoms with Gasteiger partial charge in [-0.3, -0.25) is 0 Å². The Hall–Kier alpha value is -5.97. The van der Waals surface area contributed by atoms with Gasteiger partial charge in [0.05, 0.1) is 37.4 Å². The van der Waals surface area contributed by atoms with Gasteiger partial charge in [-0.1, -0.05) is 198 Å². The van der Waals surface area contributed by atoms with E-state index >= 15 is 8.78 Å². The van der Waals surface area contributed by atoms with E-state index in [1.165, 1.54) is 5.56 Å². The minimum atomic E-state index is -2.03. The number of halogens is 4. The molecule has 0 fully saturated rings. The first-order valence-electron chi connectivity index (χ1n) is 24.9. The van der Waals surface area contributed by atoms with E-state index in [4.69, 9.17) is 19.0 Å². The monoisotopic (exact) mass is 979 g/mol. The van der Waals surface area contributed by atoms with Gasteiger partial charge < -0.3 is 18.5 Å². The van der Waals surface area contributed by atoms with Crippen LogP contribution in [0.2, 0.25) is 0 Å². The van der Waals surface area contributed by atoms with Gasteiger partial charge in [0.2, 0.25) is 0 Å². The molecule has 7 rings (SSSR count). The van der Waals surface area contributed by atoms with E-state index in [1.807, 2.05) is 42.5 Å². The highest BCUT2D eigenvalue weighted by Gasteiger charge is 2.37. The molecule has 2 atom stereocenters. The summed E-state index contributed by atoms with van der Waals surface area (Å²) in [5.74, 6) is 0.527. The molecule has 6 aromatic rings. The minimum Gasteiger partial charge on any atom is -0.496 e. The largest absolute Gasteiger partial charge is 0.598 e. The summed E-state index contributed by atoms with van der Waals surface area (Å²) >= 11 is 0. The van der Waals surface area contributed by atoms with Crippen LogP contribution in [0.1, 0.15) is 128 Å². The summed E-state index contributed by atoms with van der Waals surface area (Å²) in [5.41, 5.74) is 12.5. The van der Waals surface area contributed by atoms with Crippen molar-refractivity contribution in [1.82, 2.24) is 4.48 Å². The summed E-state index contributed by atoms with van der Waals surface area (Å²) in [7, 11) is 0.00980. The van der Waals surface area contributed by atoms with Crippen molar-refractivity contribution < 1.29 is 31.6 Å². The molecule has 0 amide bonds. The molecule has 10 heteroatoms. The van der Waals surface area contributed by atoms with Crippen LogP contribution in [-0.2, 0) is 31.0 Å². The van der Waals surface area contributed by atoms with Gasteiger partial charge in [-0.25, -0.2) is 22.6 Å². The lowest BCUT2D eigenvalue weighted by atomic mass is 9.84. The Morgan fingerprint density at radius 3 is 1.40 bits per heavy atom. The van der Waals surface area contributed by atoms with Crippen molar-refractivity contribution >= 4 is 24.1 Å². The van der Waals surface area contributed by atoms with Crippen LogP contribution in [0.5, 0.6) is 5.75 Å². The summed E-state index contributed by atoms with van der Waals surface area (Å²) in [6.07, 6.45) is -1.95. The second kappa shape index (κ2) is 21.6. The van der Waals surface area contributed by atoms with Crippen molar-refractivity contribution in [3.05, 3.63) is 184 Å². The third kappa shape index (κ3) is 12.1. The number of benzene rings is 5. The maximum Gasteiger partial charge on any atom is 0.598 e. The molecule has 1 aliphatic heterocycles. The predicted molar refractivity (Wildman–Crippen MR) is 291 cm³/mol. The van der Waals surface area contributed by atoms with Gasteiger partial charge >= 0.3 is 7.25 Å². The maximum atomic E-state index is 15.2. The third-order valence-electron chi connectivity index (χ3n) is 13.3. The SMILES string of the molecule is COc1ccccc1/C(=C1/N=C(c2ccc(C(C)(C)C)cc2)C=C1c1ccc(C(C)(C)C)cc1)c1c(-c2ccc(C(C)(C)C)cc2)cc(-c2ccc(C(C)(C)C)cc2)n1B(OCC(F)CF)OCC(F)CF. The van der Waals surface area contributed by atoms with Crippen molar-refractivity contribution in [2.24, 2.45) is 4.99 Å². The summed E-state index contributed by atoms with van der Waals surface area (Å²) in [6, 6.07) is 43.2. The first-order valence-corrected chi connectivity index (χ1v) is 24.9. The first kappa shape index (κ1) is 53.8. The smallest absolute Gasteiger partial charge is 0.496 e. The Kier molecular flexibility index (Phi) is 16.2. The average molecular weight is 979 g/mol. The molecule has 1 aliphatic rings.